The molecule has 25 heavy (non-hydrogen) atoms. The predicted molar refractivity (Wildman–Crippen MR) is 86.3 cm³/mol. The van der Waals surface area contributed by atoms with E-state index in [4.69, 9.17) is 0 Å². The van der Waals surface area contributed by atoms with Crippen LogP contribution in [0.5, 0.6) is 5.75 Å². The van der Waals surface area contributed by atoms with E-state index < -0.39 is 6.36 Å². The number of benzene rings is 1. The van der Waals surface area contributed by atoms with Crippen molar-refractivity contribution in [1.82, 2.24) is 14.6 Å². The molecule has 1 aliphatic carbocycles. The van der Waals surface area contributed by atoms with Crippen LogP contribution in [-0.2, 0) is 0 Å². The first-order chi connectivity index (χ1) is 12.0. The third-order valence-electron chi connectivity index (χ3n) is 3.99. The molecule has 0 amide bonds. The maximum Gasteiger partial charge on any atom is 0.573 e. The van der Waals surface area contributed by atoms with Crippen LogP contribution >= 0.6 is 0 Å². The van der Waals surface area contributed by atoms with Crippen molar-refractivity contribution in [1.29, 1.82) is 0 Å². The number of imidazole rings is 1. The second kappa shape index (κ2) is 5.94. The molecule has 0 unspecified atom stereocenters. The summed E-state index contributed by atoms with van der Waals surface area (Å²) >= 11 is 0. The van der Waals surface area contributed by atoms with Crippen molar-refractivity contribution in [3.8, 4) is 17.0 Å². The summed E-state index contributed by atoms with van der Waals surface area (Å²) < 4.78 is 42.8. The van der Waals surface area contributed by atoms with E-state index in [2.05, 4.69) is 20.1 Å². The predicted octanol–water partition coefficient (Wildman–Crippen LogP) is 4.12. The molecule has 3 aromatic rings. The van der Waals surface area contributed by atoms with E-state index in [1.54, 1.807) is 16.8 Å². The molecular weight excluding hydrogens is 333 g/mol. The van der Waals surface area contributed by atoms with Gasteiger partial charge >= 0.3 is 6.36 Å². The monoisotopic (exact) mass is 348 g/mol. The van der Waals surface area contributed by atoms with Gasteiger partial charge in [-0.3, -0.25) is 0 Å². The molecule has 0 spiro atoms. The van der Waals surface area contributed by atoms with Gasteiger partial charge in [-0.05, 0) is 43.0 Å². The van der Waals surface area contributed by atoms with E-state index in [1.807, 2.05) is 12.1 Å². The Bertz CT molecular complexity index is 902. The van der Waals surface area contributed by atoms with Gasteiger partial charge in [0.25, 0.3) is 0 Å². The van der Waals surface area contributed by atoms with Crippen LogP contribution in [0.25, 0.3) is 16.9 Å². The fourth-order valence-electron chi connectivity index (χ4n) is 2.59. The molecular formula is C17H15F3N4O. The number of nitrogens with zero attached hydrogens (tertiary/aromatic N) is 3. The van der Waals surface area contributed by atoms with Gasteiger partial charge in [0.1, 0.15) is 11.6 Å². The largest absolute Gasteiger partial charge is 0.573 e. The average Bonchev–Trinajstić information content (AvgIpc) is 3.29. The zero-order valence-corrected chi connectivity index (χ0v) is 13.1. The number of anilines is 1. The van der Waals surface area contributed by atoms with Crippen molar-refractivity contribution >= 4 is 11.5 Å². The lowest BCUT2D eigenvalue weighted by Gasteiger charge is -2.10. The Hall–Kier alpha value is -2.77. The van der Waals surface area contributed by atoms with Crippen molar-refractivity contribution in [2.24, 2.45) is 5.92 Å². The Kier molecular flexibility index (Phi) is 3.74. The summed E-state index contributed by atoms with van der Waals surface area (Å²) in [6.07, 6.45) is -0.676. The average molecular weight is 348 g/mol. The summed E-state index contributed by atoms with van der Waals surface area (Å²) in [6, 6.07) is 9.45. The zero-order chi connectivity index (χ0) is 17.4. The molecule has 1 N–H and O–H groups in total. The van der Waals surface area contributed by atoms with Crippen molar-refractivity contribution < 1.29 is 17.9 Å². The third-order valence-corrected chi connectivity index (χ3v) is 3.99. The number of aromatic nitrogens is 3. The van der Waals surface area contributed by atoms with Crippen molar-refractivity contribution in [3.63, 3.8) is 0 Å². The van der Waals surface area contributed by atoms with Crippen LogP contribution in [-0.4, -0.2) is 27.5 Å². The molecule has 1 aliphatic rings. The summed E-state index contributed by atoms with van der Waals surface area (Å²) in [4.78, 5) is 4.26. The van der Waals surface area contributed by atoms with E-state index in [0.29, 0.717) is 28.6 Å². The van der Waals surface area contributed by atoms with Gasteiger partial charge in [0.05, 0.1) is 11.9 Å². The Morgan fingerprint density at radius 1 is 1.20 bits per heavy atom. The van der Waals surface area contributed by atoms with Gasteiger partial charge in [0.2, 0.25) is 0 Å². The standard InChI is InChI=1S/C17H15F3N4O/c18-17(19,20)25-13-3-1-2-12(8-13)14-10-22-16-7-6-15(23-24(14)16)21-9-11-4-5-11/h1-3,6-8,10-11H,4-5,9H2,(H,21,23). The minimum atomic E-state index is -4.73. The fourth-order valence-corrected chi connectivity index (χ4v) is 2.59. The number of hydrogen-bond donors (Lipinski definition) is 1. The van der Waals surface area contributed by atoms with Crippen LogP contribution < -0.4 is 10.1 Å². The topological polar surface area (TPSA) is 51.5 Å². The lowest BCUT2D eigenvalue weighted by atomic mass is 10.1. The highest BCUT2D eigenvalue weighted by molar-refractivity contribution is 5.65. The molecule has 0 atom stereocenters. The maximum absolute atomic E-state index is 12.4. The molecule has 0 radical (unpaired) electrons. The summed E-state index contributed by atoms with van der Waals surface area (Å²) in [7, 11) is 0. The first-order valence-corrected chi connectivity index (χ1v) is 7.93. The first kappa shape index (κ1) is 15.7. The lowest BCUT2D eigenvalue weighted by Crippen LogP contribution is -2.17. The quantitative estimate of drug-likeness (QED) is 0.754. The number of alkyl halides is 3. The highest BCUT2D eigenvalue weighted by Gasteiger charge is 2.31. The van der Waals surface area contributed by atoms with Crippen molar-refractivity contribution in [2.45, 2.75) is 19.2 Å². The van der Waals surface area contributed by atoms with Crippen molar-refractivity contribution in [3.05, 3.63) is 42.6 Å². The van der Waals surface area contributed by atoms with Gasteiger partial charge in [-0.2, -0.15) is 0 Å². The van der Waals surface area contributed by atoms with Crippen LogP contribution in [0.4, 0.5) is 19.0 Å². The molecule has 5 nitrogen and oxygen atoms in total. The Labute approximate surface area is 141 Å². The van der Waals surface area contributed by atoms with Gasteiger partial charge in [-0.25, -0.2) is 9.50 Å². The molecule has 4 rings (SSSR count). The van der Waals surface area contributed by atoms with Gasteiger partial charge in [-0.15, -0.1) is 18.3 Å². The number of hydrogen-bond acceptors (Lipinski definition) is 4. The lowest BCUT2D eigenvalue weighted by molar-refractivity contribution is -0.274. The Morgan fingerprint density at radius 2 is 2.04 bits per heavy atom. The van der Waals surface area contributed by atoms with Crippen molar-refractivity contribution in [2.75, 3.05) is 11.9 Å². The Morgan fingerprint density at radius 3 is 2.80 bits per heavy atom. The molecule has 8 heteroatoms. The van der Waals surface area contributed by atoms with E-state index in [-0.39, 0.29) is 5.75 Å². The van der Waals surface area contributed by atoms with Crippen LogP contribution in [0.2, 0.25) is 0 Å². The minimum absolute atomic E-state index is 0.275. The molecule has 130 valence electrons. The SMILES string of the molecule is FC(F)(F)Oc1cccc(-c2cnc3ccc(NCC4CC4)nn23)c1. The molecule has 0 aliphatic heterocycles. The molecule has 0 bridgehead atoms. The van der Waals surface area contributed by atoms with Gasteiger partial charge in [0.15, 0.2) is 5.65 Å². The van der Waals surface area contributed by atoms with Crippen LogP contribution in [0.3, 0.4) is 0 Å². The molecule has 1 aromatic carbocycles. The molecule has 0 saturated heterocycles. The summed E-state index contributed by atoms with van der Waals surface area (Å²) in [5.74, 6) is 1.14. The molecule has 2 heterocycles. The minimum Gasteiger partial charge on any atom is -0.406 e. The number of rotatable bonds is 5. The highest BCUT2D eigenvalue weighted by atomic mass is 19.4. The number of nitrogens with one attached hydrogen (secondary N) is 1. The van der Waals surface area contributed by atoms with E-state index >= 15 is 0 Å². The van der Waals surface area contributed by atoms with E-state index in [9.17, 15) is 13.2 Å². The van der Waals surface area contributed by atoms with E-state index in [1.165, 1.54) is 31.0 Å². The van der Waals surface area contributed by atoms with E-state index in [0.717, 1.165) is 6.54 Å². The smallest absolute Gasteiger partial charge is 0.406 e. The molecule has 2 aromatic heterocycles. The first-order valence-electron chi connectivity index (χ1n) is 7.93. The molecule has 1 saturated carbocycles. The zero-order valence-electron chi connectivity index (χ0n) is 13.1. The van der Waals surface area contributed by atoms with Gasteiger partial charge < -0.3 is 10.1 Å². The number of fused-ring (bicyclic) bond motifs is 1. The van der Waals surface area contributed by atoms with Gasteiger partial charge in [0, 0.05) is 12.1 Å². The third kappa shape index (κ3) is 3.67. The normalized spacial score (nSPS) is 14.7. The fraction of sp³-hybridized carbons (Fsp3) is 0.294. The second-order valence-corrected chi connectivity index (χ2v) is 6.03. The summed E-state index contributed by atoms with van der Waals surface area (Å²) in [5.41, 5.74) is 1.76. The second-order valence-electron chi connectivity index (χ2n) is 6.03. The van der Waals surface area contributed by atoms with Crippen LogP contribution in [0.15, 0.2) is 42.6 Å². The maximum atomic E-state index is 12.4. The number of ether oxygens (including phenoxy) is 1. The number of halogens is 3. The van der Waals surface area contributed by atoms with Crippen LogP contribution in [0, 0.1) is 5.92 Å². The Balaban J connectivity index is 1.65. The van der Waals surface area contributed by atoms with Gasteiger partial charge in [-0.1, -0.05) is 12.1 Å². The summed E-state index contributed by atoms with van der Waals surface area (Å²) in [5, 5.41) is 7.77. The summed E-state index contributed by atoms with van der Waals surface area (Å²) in [6.45, 7) is 0.872. The highest BCUT2D eigenvalue weighted by Crippen LogP contribution is 2.30. The van der Waals surface area contributed by atoms with Crippen LogP contribution in [0.1, 0.15) is 12.8 Å². The molecule has 1 fully saturated rings.